The van der Waals surface area contributed by atoms with Crippen LogP contribution in [0.5, 0.6) is 0 Å². The Labute approximate surface area is 118 Å². The van der Waals surface area contributed by atoms with Crippen LogP contribution in [0.15, 0.2) is 29.8 Å². The van der Waals surface area contributed by atoms with E-state index in [0.29, 0.717) is 17.9 Å². The Kier molecular flexibility index (Phi) is 3.48. The summed E-state index contributed by atoms with van der Waals surface area (Å²) in [5, 5.41) is 3.00. The molecule has 6 heteroatoms. The van der Waals surface area contributed by atoms with Gasteiger partial charge in [-0.3, -0.25) is 0 Å². The molecule has 0 fully saturated rings. The number of hydrogen-bond donors (Lipinski definition) is 0. The van der Waals surface area contributed by atoms with Gasteiger partial charge >= 0.3 is 0 Å². The van der Waals surface area contributed by atoms with E-state index in [-0.39, 0.29) is 11.7 Å². The molecule has 0 atom stereocenters. The summed E-state index contributed by atoms with van der Waals surface area (Å²) < 4.78 is 15.7. The van der Waals surface area contributed by atoms with Gasteiger partial charge in [-0.15, -0.1) is 22.9 Å². The quantitative estimate of drug-likeness (QED) is 0.688. The Hall–Kier alpha value is -1.46. The van der Waals surface area contributed by atoms with Gasteiger partial charge in [0.2, 0.25) is 0 Å². The van der Waals surface area contributed by atoms with Crippen LogP contribution in [-0.2, 0) is 18.8 Å². The molecular formula is C13H11ClFN3S. The van der Waals surface area contributed by atoms with Gasteiger partial charge in [-0.05, 0) is 12.1 Å². The lowest BCUT2D eigenvalue weighted by atomic mass is 10.3. The van der Waals surface area contributed by atoms with Crippen molar-refractivity contribution in [3.63, 3.8) is 0 Å². The van der Waals surface area contributed by atoms with Gasteiger partial charge in [-0.1, -0.05) is 6.07 Å². The maximum absolute atomic E-state index is 13.7. The van der Waals surface area contributed by atoms with E-state index in [1.54, 1.807) is 23.6 Å². The van der Waals surface area contributed by atoms with Crippen molar-refractivity contribution in [1.82, 2.24) is 14.5 Å². The van der Waals surface area contributed by atoms with Crippen molar-refractivity contribution in [2.24, 2.45) is 0 Å². The van der Waals surface area contributed by atoms with E-state index in [1.165, 1.54) is 6.07 Å². The van der Waals surface area contributed by atoms with E-state index in [2.05, 4.69) is 9.97 Å². The highest BCUT2D eigenvalue weighted by Gasteiger charge is 2.13. The summed E-state index contributed by atoms with van der Waals surface area (Å²) in [6.45, 7) is 0.704. The van der Waals surface area contributed by atoms with Crippen molar-refractivity contribution >= 4 is 34.0 Å². The lowest BCUT2D eigenvalue weighted by molar-refractivity contribution is 0.637. The monoisotopic (exact) mass is 295 g/mol. The average molecular weight is 296 g/mol. The molecular weight excluding hydrogens is 285 g/mol. The summed E-state index contributed by atoms with van der Waals surface area (Å²) in [6.07, 6.45) is 2.58. The summed E-state index contributed by atoms with van der Waals surface area (Å²) in [4.78, 5) is 8.52. The van der Waals surface area contributed by atoms with Crippen LogP contribution in [0.2, 0.25) is 0 Å². The maximum atomic E-state index is 13.7. The molecule has 0 aliphatic heterocycles. The fourth-order valence-corrected chi connectivity index (χ4v) is 2.91. The summed E-state index contributed by atoms with van der Waals surface area (Å²) in [7, 11) is 0. The number of aromatic nitrogens is 3. The molecule has 98 valence electrons. The van der Waals surface area contributed by atoms with E-state index in [9.17, 15) is 4.39 Å². The fraction of sp³-hybridized carbons (Fsp3) is 0.231. The van der Waals surface area contributed by atoms with Crippen molar-refractivity contribution in [2.75, 3.05) is 0 Å². The first-order valence-electron chi connectivity index (χ1n) is 5.87. The summed E-state index contributed by atoms with van der Waals surface area (Å²) in [5.74, 6) is 0.654. The Morgan fingerprint density at radius 3 is 3.00 bits per heavy atom. The third-order valence-corrected chi connectivity index (χ3v) is 4.04. The zero-order chi connectivity index (χ0) is 13.2. The lowest BCUT2D eigenvalue weighted by Crippen LogP contribution is -2.04. The first-order chi connectivity index (χ1) is 9.29. The first-order valence-corrected chi connectivity index (χ1v) is 7.29. The third-order valence-electron chi connectivity index (χ3n) is 2.96. The standard InChI is InChI=1S/C13H11ClFN3S/c14-8-11-17-13-9(15)2-1-3-10(13)18(11)6-4-12-16-5-7-19-12/h1-3,5,7H,4,6,8H2. The van der Waals surface area contributed by atoms with Gasteiger partial charge in [0.1, 0.15) is 11.3 Å². The van der Waals surface area contributed by atoms with Crippen molar-refractivity contribution in [3.05, 3.63) is 46.4 Å². The smallest absolute Gasteiger partial charge is 0.151 e. The number of imidazole rings is 1. The van der Waals surface area contributed by atoms with E-state index in [4.69, 9.17) is 11.6 Å². The number of para-hydroxylation sites is 1. The van der Waals surface area contributed by atoms with Gasteiger partial charge in [-0.25, -0.2) is 14.4 Å². The Morgan fingerprint density at radius 2 is 2.26 bits per heavy atom. The molecule has 3 nitrogen and oxygen atoms in total. The van der Waals surface area contributed by atoms with Crippen LogP contribution in [0, 0.1) is 5.82 Å². The van der Waals surface area contributed by atoms with Gasteiger partial charge in [0.05, 0.1) is 16.4 Å². The Bertz CT molecular complexity index is 693. The van der Waals surface area contributed by atoms with Crippen LogP contribution in [0.1, 0.15) is 10.8 Å². The molecule has 19 heavy (non-hydrogen) atoms. The maximum Gasteiger partial charge on any atom is 0.151 e. The number of nitrogens with zero attached hydrogens (tertiary/aromatic N) is 3. The molecule has 3 aromatic rings. The number of hydrogen-bond acceptors (Lipinski definition) is 3. The number of fused-ring (bicyclic) bond motifs is 1. The highest BCUT2D eigenvalue weighted by atomic mass is 35.5. The van der Waals surface area contributed by atoms with E-state index < -0.39 is 0 Å². The molecule has 1 aromatic carbocycles. The molecule has 0 spiro atoms. The molecule has 3 rings (SSSR count). The van der Waals surface area contributed by atoms with Gasteiger partial charge in [-0.2, -0.15) is 0 Å². The molecule has 0 radical (unpaired) electrons. The summed E-state index contributed by atoms with van der Waals surface area (Å²) >= 11 is 7.51. The summed E-state index contributed by atoms with van der Waals surface area (Å²) in [6, 6.07) is 4.97. The van der Waals surface area contributed by atoms with Crippen molar-refractivity contribution in [2.45, 2.75) is 18.8 Å². The van der Waals surface area contributed by atoms with Crippen LogP contribution in [0.25, 0.3) is 11.0 Å². The van der Waals surface area contributed by atoms with Crippen molar-refractivity contribution in [1.29, 1.82) is 0 Å². The first kappa shape index (κ1) is 12.6. The highest BCUT2D eigenvalue weighted by molar-refractivity contribution is 7.09. The van der Waals surface area contributed by atoms with E-state index >= 15 is 0 Å². The molecule has 2 aromatic heterocycles. The number of thiazole rings is 1. The van der Waals surface area contributed by atoms with Gasteiger partial charge < -0.3 is 4.57 Å². The Morgan fingerprint density at radius 1 is 1.37 bits per heavy atom. The van der Waals surface area contributed by atoms with Crippen LogP contribution in [0.4, 0.5) is 4.39 Å². The molecule has 0 saturated carbocycles. The molecule has 0 bridgehead atoms. The van der Waals surface area contributed by atoms with Crippen LogP contribution in [-0.4, -0.2) is 14.5 Å². The third kappa shape index (κ3) is 2.35. The number of benzene rings is 1. The topological polar surface area (TPSA) is 30.7 Å². The largest absolute Gasteiger partial charge is 0.326 e. The molecule has 2 heterocycles. The second-order valence-corrected chi connectivity index (χ2v) is 5.34. The predicted molar refractivity (Wildman–Crippen MR) is 75.1 cm³/mol. The predicted octanol–water partition coefficient (Wildman–Crippen LogP) is 3.61. The minimum absolute atomic E-state index is 0.270. The van der Waals surface area contributed by atoms with E-state index in [1.807, 2.05) is 16.0 Å². The van der Waals surface area contributed by atoms with Gasteiger partial charge in [0.15, 0.2) is 5.82 Å². The molecule has 0 N–H and O–H groups in total. The molecule has 0 aliphatic carbocycles. The minimum Gasteiger partial charge on any atom is -0.326 e. The van der Waals surface area contributed by atoms with E-state index in [0.717, 1.165) is 16.9 Å². The zero-order valence-corrected chi connectivity index (χ0v) is 11.6. The molecule has 0 amide bonds. The lowest BCUT2D eigenvalue weighted by Gasteiger charge is -2.06. The number of aryl methyl sites for hydroxylation is 2. The zero-order valence-electron chi connectivity index (χ0n) is 10.0. The van der Waals surface area contributed by atoms with Crippen LogP contribution >= 0.6 is 22.9 Å². The normalized spacial score (nSPS) is 11.3. The van der Waals surface area contributed by atoms with Gasteiger partial charge in [0.25, 0.3) is 0 Å². The molecule has 0 saturated heterocycles. The number of alkyl halides is 1. The Balaban J connectivity index is 1.99. The van der Waals surface area contributed by atoms with Crippen molar-refractivity contribution < 1.29 is 4.39 Å². The van der Waals surface area contributed by atoms with Crippen LogP contribution < -0.4 is 0 Å². The highest BCUT2D eigenvalue weighted by Crippen LogP contribution is 2.21. The second-order valence-electron chi connectivity index (χ2n) is 4.10. The number of halogens is 2. The molecule has 0 aliphatic rings. The molecule has 0 unspecified atom stereocenters. The average Bonchev–Trinajstić information content (AvgIpc) is 3.03. The van der Waals surface area contributed by atoms with Crippen LogP contribution in [0.3, 0.4) is 0 Å². The number of rotatable bonds is 4. The van der Waals surface area contributed by atoms with Crippen molar-refractivity contribution in [3.8, 4) is 0 Å². The fourth-order valence-electron chi connectivity index (χ4n) is 2.10. The minimum atomic E-state index is -0.308. The van der Waals surface area contributed by atoms with Gasteiger partial charge in [0, 0.05) is 24.5 Å². The summed E-state index contributed by atoms with van der Waals surface area (Å²) in [5.41, 5.74) is 1.17. The second kappa shape index (κ2) is 5.27. The SMILES string of the molecule is Fc1cccc2c1nc(CCl)n2CCc1nccs1.